The van der Waals surface area contributed by atoms with Crippen LogP contribution in [-0.4, -0.2) is 5.91 Å². The van der Waals surface area contributed by atoms with Crippen LogP contribution in [0, 0.1) is 17.1 Å². The number of carbonyl (C=O) groups excluding carboxylic acids is 1. The van der Waals surface area contributed by atoms with Crippen LogP contribution in [0.25, 0.3) is 0 Å². The molecule has 21 heavy (non-hydrogen) atoms. The Hall–Kier alpha value is -2.39. The fourth-order valence-corrected chi connectivity index (χ4v) is 3.73. The van der Waals surface area contributed by atoms with Gasteiger partial charge in [0.2, 0.25) is 0 Å². The maximum atomic E-state index is 13.7. The van der Waals surface area contributed by atoms with E-state index in [-0.39, 0.29) is 11.3 Å². The van der Waals surface area contributed by atoms with Gasteiger partial charge in [0.15, 0.2) is 0 Å². The molecule has 1 amide bonds. The third-order valence-electron chi connectivity index (χ3n) is 3.50. The molecule has 4 nitrogen and oxygen atoms in total. The van der Waals surface area contributed by atoms with Gasteiger partial charge in [0.05, 0.1) is 11.1 Å². The lowest BCUT2D eigenvalue weighted by Crippen LogP contribution is -2.14. The third kappa shape index (κ3) is 2.36. The number of anilines is 2. The lowest BCUT2D eigenvalue weighted by atomic mass is 10.1. The zero-order chi connectivity index (χ0) is 15.0. The summed E-state index contributed by atoms with van der Waals surface area (Å²) in [5.74, 6) is -1.24. The van der Waals surface area contributed by atoms with Crippen molar-refractivity contribution in [2.45, 2.75) is 19.3 Å². The van der Waals surface area contributed by atoms with Gasteiger partial charge in [0.25, 0.3) is 5.91 Å². The first kappa shape index (κ1) is 13.6. The standard InChI is InChI=1S/C15H12FN3OS/c16-12-6-8(18)4-5-10(12)14(20)19-15-11(7-17)9-2-1-3-13(9)21-15/h4-6H,1-3,18H2,(H,19,20). The molecule has 3 N–H and O–H groups in total. The Morgan fingerprint density at radius 3 is 2.95 bits per heavy atom. The SMILES string of the molecule is N#Cc1c(NC(=O)c2ccc(N)cc2F)sc2c1CCC2. The summed E-state index contributed by atoms with van der Waals surface area (Å²) in [6.07, 6.45) is 2.83. The number of benzene rings is 1. The second kappa shape index (κ2) is 5.19. The number of thiophene rings is 1. The molecular formula is C15H12FN3OS. The van der Waals surface area contributed by atoms with E-state index in [1.54, 1.807) is 0 Å². The van der Waals surface area contributed by atoms with Crippen LogP contribution in [0.5, 0.6) is 0 Å². The van der Waals surface area contributed by atoms with Crippen molar-refractivity contribution in [1.29, 1.82) is 5.26 Å². The quantitative estimate of drug-likeness (QED) is 0.837. The number of aryl methyl sites for hydroxylation is 1. The third-order valence-corrected chi connectivity index (χ3v) is 4.71. The summed E-state index contributed by atoms with van der Waals surface area (Å²) in [5, 5.41) is 12.4. The number of amides is 1. The second-order valence-corrected chi connectivity index (χ2v) is 5.97. The van der Waals surface area contributed by atoms with Crippen molar-refractivity contribution in [1.82, 2.24) is 0 Å². The van der Waals surface area contributed by atoms with E-state index in [0.717, 1.165) is 35.8 Å². The van der Waals surface area contributed by atoms with Crippen molar-refractivity contribution in [3.63, 3.8) is 0 Å². The summed E-state index contributed by atoms with van der Waals surface area (Å²) >= 11 is 1.40. The first-order chi connectivity index (χ1) is 10.1. The Bertz CT molecular complexity index is 776. The fourth-order valence-electron chi connectivity index (χ4n) is 2.50. The van der Waals surface area contributed by atoms with Crippen molar-refractivity contribution in [2.24, 2.45) is 0 Å². The molecule has 106 valence electrons. The zero-order valence-electron chi connectivity index (χ0n) is 11.1. The summed E-state index contributed by atoms with van der Waals surface area (Å²) in [6, 6.07) is 6.05. The minimum atomic E-state index is -0.671. The van der Waals surface area contributed by atoms with Gasteiger partial charge in [-0.15, -0.1) is 11.3 Å². The van der Waals surface area contributed by atoms with Gasteiger partial charge in [-0.3, -0.25) is 4.79 Å². The molecule has 0 saturated heterocycles. The molecule has 0 bridgehead atoms. The highest BCUT2D eigenvalue weighted by Gasteiger charge is 2.24. The number of nitrogens with two attached hydrogens (primary N) is 1. The number of nitrogen functional groups attached to an aromatic ring is 1. The lowest BCUT2D eigenvalue weighted by Gasteiger charge is -2.05. The van der Waals surface area contributed by atoms with Crippen molar-refractivity contribution in [2.75, 3.05) is 11.1 Å². The molecule has 0 atom stereocenters. The Balaban J connectivity index is 1.91. The van der Waals surface area contributed by atoms with Crippen LogP contribution in [0.1, 0.15) is 32.8 Å². The number of nitrogens with zero attached hydrogens (tertiary/aromatic N) is 1. The summed E-state index contributed by atoms with van der Waals surface area (Å²) in [6.45, 7) is 0. The molecule has 1 aliphatic rings. The van der Waals surface area contributed by atoms with Gasteiger partial charge >= 0.3 is 0 Å². The number of rotatable bonds is 2. The highest BCUT2D eigenvalue weighted by Crippen LogP contribution is 2.38. The average Bonchev–Trinajstić information content (AvgIpc) is 2.98. The van der Waals surface area contributed by atoms with Gasteiger partial charge in [-0.1, -0.05) is 0 Å². The van der Waals surface area contributed by atoms with E-state index in [0.29, 0.717) is 10.6 Å². The van der Waals surface area contributed by atoms with Crippen LogP contribution >= 0.6 is 11.3 Å². The van der Waals surface area contributed by atoms with E-state index in [1.807, 2.05) is 0 Å². The van der Waals surface area contributed by atoms with Crippen LogP contribution in [0.15, 0.2) is 18.2 Å². The van der Waals surface area contributed by atoms with Crippen molar-refractivity contribution < 1.29 is 9.18 Å². The molecule has 1 aliphatic carbocycles. The molecule has 1 heterocycles. The van der Waals surface area contributed by atoms with Crippen LogP contribution in [0.3, 0.4) is 0 Å². The number of halogens is 1. The van der Waals surface area contributed by atoms with Gasteiger partial charge in [-0.25, -0.2) is 4.39 Å². The van der Waals surface area contributed by atoms with Gasteiger partial charge in [0.1, 0.15) is 16.9 Å². The number of hydrogen-bond acceptors (Lipinski definition) is 4. The van der Waals surface area contributed by atoms with E-state index < -0.39 is 11.7 Å². The maximum absolute atomic E-state index is 13.7. The summed E-state index contributed by atoms with van der Waals surface area (Å²) in [4.78, 5) is 13.3. The number of hydrogen-bond donors (Lipinski definition) is 2. The predicted molar refractivity (Wildman–Crippen MR) is 79.8 cm³/mol. The molecule has 0 aliphatic heterocycles. The molecule has 0 saturated carbocycles. The molecular weight excluding hydrogens is 289 g/mol. The van der Waals surface area contributed by atoms with Crippen molar-refractivity contribution >= 4 is 27.9 Å². The predicted octanol–water partition coefficient (Wildman–Crippen LogP) is 3.08. The van der Waals surface area contributed by atoms with E-state index in [1.165, 1.54) is 23.5 Å². The van der Waals surface area contributed by atoms with Crippen LogP contribution < -0.4 is 11.1 Å². The Morgan fingerprint density at radius 1 is 1.43 bits per heavy atom. The minimum absolute atomic E-state index is 0.0818. The first-order valence-corrected chi connectivity index (χ1v) is 7.33. The minimum Gasteiger partial charge on any atom is -0.399 e. The van der Waals surface area contributed by atoms with Crippen LogP contribution in [0.2, 0.25) is 0 Å². The molecule has 2 aromatic rings. The largest absolute Gasteiger partial charge is 0.399 e. The molecule has 1 aromatic carbocycles. The van der Waals surface area contributed by atoms with Gasteiger partial charge in [0, 0.05) is 10.6 Å². The van der Waals surface area contributed by atoms with Gasteiger partial charge in [-0.05, 0) is 43.0 Å². The lowest BCUT2D eigenvalue weighted by molar-refractivity contribution is 0.102. The monoisotopic (exact) mass is 301 g/mol. The zero-order valence-corrected chi connectivity index (χ0v) is 11.9. The molecule has 0 unspecified atom stereocenters. The van der Waals surface area contributed by atoms with Crippen molar-refractivity contribution in [3.05, 3.63) is 45.6 Å². The normalized spacial score (nSPS) is 12.8. The smallest absolute Gasteiger partial charge is 0.259 e. The number of carbonyl (C=O) groups is 1. The number of fused-ring (bicyclic) bond motifs is 1. The molecule has 3 rings (SSSR count). The molecule has 0 fully saturated rings. The molecule has 6 heteroatoms. The summed E-state index contributed by atoms with van der Waals surface area (Å²) in [7, 11) is 0. The average molecular weight is 301 g/mol. The van der Waals surface area contributed by atoms with Crippen LogP contribution in [0.4, 0.5) is 15.1 Å². The molecule has 0 spiro atoms. The second-order valence-electron chi connectivity index (χ2n) is 4.87. The van der Waals surface area contributed by atoms with E-state index in [2.05, 4.69) is 11.4 Å². The number of nitriles is 1. The first-order valence-electron chi connectivity index (χ1n) is 6.51. The van der Waals surface area contributed by atoms with Crippen molar-refractivity contribution in [3.8, 4) is 6.07 Å². The Morgan fingerprint density at radius 2 is 2.24 bits per heavy atom. The maximum Gasteiger partial charge on any atom is 0.259 e. The van der Waals surface area contributed by atoms with E-state index in [9.17, 15) is 14.4 Å². The summed E-state index contributed by atoms with van der Waals surface area (Å²) < 4.78 is 13.7. The molecule has 1 aromatic heterocycles. The van der Waals surface area contributed by atoms with E-state index in [4.69, 9.17) is 5.73 Å². The fraction of sp³-hybridized carbons (Fsp3) is 0.200. The van der Waals surface area contributed by atoms with Gasteiger partial charge in [-0.2, -0.15) is 5.26 Å². The molecule has 0 radical (unpaired) electrons. The summed E-state index contributed by atoms with van der Waals surface area (Å²) in [5.41, 5.74) is 7.18. The van der Waals surface area contributed by atoms with Gasteiger partial charge < -0.3 is 11.1 Å². The highest BCUT2D eigenvalue weighted by atomic mass is 32.1. The topological polar surface area (TPSA) is 78.9 Å². The number of nitrogens with one attached hydrogen (secondary N) is 1. The van der Waals surface area contributed by atoms with E-state index >= 15 is 0 Å². The van der Waals surface area contributed by atoms with Crippen LogP contribution in [-0.2, 0) is 12.8 Å². The highest BCUT2D eigenvalue weighted by molar-refractivity contribution is 7.16. The Labute approximate surface area is 125 Å². The Kier molecular flexibility index (Phi) is 3.35.